The Bertz CT molecular complexity index is 2010. The Balaban J connectivity index is 0.00000353. The van der Waals surface area contributed by atoms with Crippen molar-refractivity contribution in [2.75, 3.05) is 39.9 Å². The second kappa shape index (κ2) is 26.5. The van der Waals surface area contributed by atoms with E-state index in [9.17, 15) is 58.5 Å². The first-order chi connectivity index (χ1) is 30.8. The number of aliphatic hydroxyl groups excluding tert-OH is 3. The number of benzene rings is 1. The molecule has 1 aromatic carbocycles. The van der Waals surface area contributed by atoms with Crippen molar-refractivity contribution >= 4 is 64.1 Å². The number of phenolic OH excluding ortho intramolecular Hbond substituents is 1. The van der Waals surface area contributed by atoms with Crippen molar-refractivity contribution in [1.82, 2.24) is 47.1 Å². The number of aryl methyl sites for hydroxylation is 1. The van der Waals surface area contributed by atoms with Crippen LogP contribution in [0, 0.1) is 18.8 Å². The lowest BCUT2D eigenvalue weighted by Crippen LogP contribution is -2.61. The molecule has 0 radical (unpaired) electrons. The number of carbonyl (C=O) groups excluding carboxylic acids is 9. The summed E-state index contributed by atoms with van der Waals surface area (Å²) in [6, 6.07) is -2.55. The summed E-state index contributed by atoms with van der Waals surface area (Å²) < 4.78 is 0. The van der Waals surface area contributed by atoms with E-state index in [2.05, 4.69) is 42.2 Å². The van der Waals surface area contributed by atoms with Crippen molar-refractivity contribution in [3.63, 3.8) is 0 Å². The number of hydrogen-bond donors (Lipinski definition) is 13. The van der Waals surface area contributed by atoms with Crippen LogP contribution in [-0.4, -0.2) is 160 Å². The fourth-order valence-corrected chi connectivity index (χ4v) is 7.28. The molecule has 0 aliphatic carbocycles. The van der Waals surface area contributed by atoms with Crippen LogP contribution >= 0.6 is 0 Å². The Labute approximate surface area is 376 Å². The van der Waals surface area contributed by atoms with Crippen LogP contribution in [0.15, 0.2) is 18.2 Å². The van der Waals surface area contributed by atoms with Crippen LogP contribution in [0.3, 0.4) is 0 Å². The number of H-pyrrole nitrogens is 1. The summed E-state index contributed by atoms with van der Waals surface area (Å²) >= 11 is 0. The molecule has 3 heterocycles. The molecule has 2 aromatic rings. The van der Waals surface area contributed by atoms with Gasteiger partial charge in [0.2, 0.25) is 53.2 Å². The van der Waals surface area contributed by atoms with Crippen molar-refractivity contribution in [3.05, 3.63) is 29.5 Å². The van der Waals surface area contributed by atoms with Gasteiger partial charge in [0.15, 0.2) is 0 Å². The van der Waals surface area contributed by atoms with Gasteiger partial charge in [0.25, 0.3) is 0 Å². The highest BCUT2D eigenvalue weighted by molar-refractivity contribution is 5.99. The molecule has 1 aromatic heterocycles. The van der Waals surface area contributed by atoms with Gasteiger partial charge in [0.05, 0.1) is 38.8 Å². The Morgan fingerprint density at radius 2 is 1.43 bits per heavy atom. The molecule has 362 valence electrons. The highest BCUT2D eigenvalue weighted by atomic mass is 16.3. The number of hydrogen-bond acceptors (Lipinski definition) is 13. The van der Waals surface area contributed by atoms with Gasteiger partial charge in [-0.15, -0.1) is 0 Å². The topological polar surface area (TPSA) is 364 Å². The molecule has 7 unspecified atom stereocenters. The van der Waals surface area contributed by atoms with Crippen LogP contribution < -0.4 is 43.0 Å². The molecule has 23 nitrogen and oxygen atoms in total. The largest absolute Gasteiger partial charge is 0.508 e. The van der Waals surface area contributed by atoms with Crippen molar-refractivity contribution in [2.45, 2.75) is 110 Å². The molecule has 65 heavy (non-hydrogen) atoms. The number of aliphatic hydroxyl groups is 3. The first-order valence-electron chi connectivity index (χ1n) is 21.5. The summed E-state index contributed by atoms with van der Waals surface area (Å²) in [7, 11) is 1.00. The molecule has 2 saturated heterocycles. The van der Waals surface area contributed by atoms with E-state index in [0.29, 0.717) is 35.0 Å². The van der Waals surface area contributed by atoms with E-state index in [4.69, 9.17) is 10.8 Å². The fraction of sp³-hybridized carbons (Fsp3) is 0.595. The van der Waals surface area contributed by atoms with E-state index in [1.807, 2.05) is 13.8 Å². The molecule has 2 aliphatic rings. The van der Waals surface area contributed by atoms with E-state index in [-0.39, 0.29) is 25.1 Å². The molecule has 23 heteroatoms. The first kappa shape index (κ1) is 54.8. The normalized spacial score (nSPS) is 23.4. The third kappa shape index (κ3) is 15.4. The summed E-state index contributed by atoms with van der Waals surface area (Å²) in [5.41, 5.74) is 7.04. The van der Waals surface area contributed by atoms with Crippen molar-refractivity contribution < 1.29 is 63.6 Å². The predicted octanol–water partition coefficient (Wildman–Crippen LogP) is -3.44. The molecule has 9 amide bonds. The van der Waals surface area contributed by atoms with Gasteiger partial charge in [-0.25, -0.2) is 0 Å². The van der Waals surface area contributed by atoms with Gasteiger partial charge in [-0.3, -0.25) is 43.2 Å². The van der Waals surface area contributed by atoms with E-state index in [1.54, 1.807) is 26.8 Å². The molecule has 2 aliphatic heterocycles. The SMILES string of the molecule is CC.CCC(C)C1NC(=O)CNC(=O)C(Cc2c(C)[nH]c3cc(O)ccc23)NC(=O)C([C@@H](C)C(O)CO)NC(=O)C2CCCN2C(=O)C(CC(N)=O)NC(=O)CNC(=O)CNC1=O.CO. The van der Waals surface area contributed by atoms with Gasteiger partial charge in [0.1, 0.15) is 36.0 Å². The lowest BCUT2D eigenvalue weighted by atomic mass is 9.93. The fourth-order valence-electron chi connectivity index (χ4n) is 7.28. The van der Waals surface area contributed by atoms with Crippen LogP contribution in [0.1, 0.15) is 71.6 Å². The number of phenols is 1. The average molecular weight is 919 g/mol. The molecule has 0 spiro atoms. The van der Waals surface area contributed by atoms with Gasteiger partial charge in [-0.1, -0.05) is 41.0 Å². The highest BCUT2D eigenvalue weighted by Crippen LogP contribution is 2.27. The summed E-state index contributed by atoms with van der Waals surface area (Å²) in [4.78, 5) is 124. The van der Waals surface area contributed by atoms with Gasteiger partial charge in [-0.05, 0) is 43.4 Å². The molecular weight excluding hydrogens is 853 g/mol. The summed E-state index contributed by atoms with van der Waals surface area (Å²) in [5, 5.41) is 55.5. The van der Waals surface area contributed by atoms with Gasteiger partial charge in [-0.2, -0.15) is 0 Å². The number of aromatic hydroxyl groups is 1. The Hall–Kier alpha value is -6.33. The lowest BCUT2D eigenvalue weighted by Gasteiger charge is -2.32. The summed E-state index contributed by atoms with van der Waals surface area (Å²) in [5.74, 6) is -9.45. The zero-order valence-corrected chi connectivity index (χ0v) is 37.9. The number of rotatable bonds is 9. The number of primary amides is 1. The Morgan fingerprint density at radius 1 is 0.815 bits per heavy atom. The maximum Gasteiger partial charge on any atom is 0.246 e. The Morgan fingerprint density at radius 3 is 2.06 bits per heavy atom. The Kier molecular flexibility index (Phi) is 22.3. The van der Waals surface area contributed by atoms with Gasteiger partial charge in [0, 0.05) is 48.7 Å². The number of fused-ring (bicyclic) bond motifs is 2. The van der Waals surface area contributed by atoms with Crippen LogP contribution in [0.4, 0.5) is 0 Å². The quantitative estimate of drug-likeness (QED) is 0.117. The third-order valence-electron chi connectivity index (χ3n) is 11.0. The van der Waals surface area contributed by atoms with E-state index < -0.39 is 134 Å². The van der Waals surface area contributed by atoms with E-state index in [1.165, 1.54) is 19.1 Å². The minimum Gasteiger partial charge on any atom is -0.508 e. The molecule has 14 N–H and O–H groups in total. The number of aromatic nitrogens is 1. The average Bonchev–Trinajstić information content (AvgIpc) is 3.90. The standard InChI is InChI=1S/C39H56N10O12.C2H6.CH4O/c1-5-18(2)33-37(59)43-14-30(54)41-15-31(55)45-26(13-29(40)53)39(61)49-10-6-7-27(49)36(58)48-34(19(3)28(52)17-50)38(60)46-25(35(57)42-16-32(56)47-33)12-23-20(4)44-24-11-21(51)8-9-22(23)24;2*1-2/h8-9,11,18-19,25-28,33-34,44,50-52H,5-7,10,12-17H2,1-4H3,(H2,40,53)(H,41,54)(H,42,57)(H,43,59)(H,45,55)(H,46,60)(H,47,56)(H,48,58);1-2H3;2H,1H3/t18?,19-,25?,26?,27?,28?,33?,34?;;/m0../s1. The lowest BCUT2D eigenvalue weighted by molar-refractivity contribution is -0.143. The van der Waals surface area contributed by atoms with Crippen LogP contribution in [-0.2, 0) is 49.6 Å². The summed E-state index contributed by atoms with van der Waals surface area (Å²) in [6.07, 6.45) is -1.63. The smallest absolute Gasteiger partial charge is 0.246 e. The van der Waals surface area contributed by atoms with E-state index >= 15 is 0 Å². The van der Waals surface area contributed by atoms with Crippen LogP contribution in [0.5, 0.6) is 5.75 Å². The maximum absolute atomic E-state index is 14.3. The van der Waals surface area contributed by atoms with E-state index in [0.717, 1.165) is 12.0 Å². The maximum atomic E-state index is 14.3. The van der Waals surface area contributed by atoms with Gasteiger partial charge >= 0.3 is 0 Å². The molecule has 0 saturated carbocycles. The number of carbonyl (C=O) groups is 9. The molecule has 0 bridgehead atoms. The minimum atomic E-state index is -1.63. The van der Waals surface area contributed by atoms with Crippen LogP contribution in [0.2, 0.25) is 0 Å². The second-order valence-corrected chi connectivity index (χ2v) is 15.4. The second-order valence-electron chi connectivity index (χ2n) is 15.4. The van der Waals surface area contributed by atoms with Crippen molar-refractivity contribution in [1.29, 1.82) is 0 Å². The van der Waals surface area contributed by atoms with Crippen LogP contribution in [0.25, 0.3) is 10.9 Å². The number of nitrogens with zero attached hydrogens (tertiary/aromatic N) is 1. The molecule has 8 atom stereocenters. The molecule has 4 rings (SSSR count). The monoisotopic (exact) mass is 918 g/mol. The molecular formula is C42H66N10O13. The number of amides is 9. The zero-order chi connectivity index (χ0) is 49.1. The number of aromatic amines is 1. The van der Waals surface area contributed by atoms with Crippen molar-refractivity contribution in [3.8, 4) is 5.75 Å². The predicted molar refractivity (Wildman–Crippen MR) is 235 cm³/mol. The number of nitrogens with one attached hydrogen (secondary N) is 8. The minimum absolute atomic E-state index is 0.000615. The zero-order valence-electron chi connectivity index (χ0n) is 37.9. The molecule has 2 fully saturated rings. The first-order valence-corrected chi connectivity index (χ1v) is 21.5. The highest BCUT2D eigenvalue weighted by Gasteiger charge is 2.41. The number of nitrogens with two attached hydrogens (primary N) is 1. The third-order valence-corrected chi connectivity index (χ3v) is 11.0. The summed E-state index contributed by atoms with van der Waals surface area (Å²) in [6.45, 7) is 7.75. The van der Waals surface area contributed by atoms with Crippen molar-refractivity contribution in [2.24, 2.45) is 17.6 Å². The van der Waals surface area contributed by atoms with Gasteiger partial charge < -0.3 is 73.3 Å².